The Bertz CT molecular complexity index is 301. The van der Waals surface area contributed by atoms with Gasteiger partial charge in [0.2, 0.25) is 0 Å². The summed E-state index contributed by atoms with van der Waals surface area (Å²) in [5, 5.41) is 0. The molecule has 0 N–H and O–H groups in total. The van der Waals surface area contributed by atoms with Gasteiger partial charge in [-0.2, -0.15) is 0 Å². The number of carbonyl (C=O) groups is 1. The van der Waals surface area contributed by atoms with Crippen LogP contribution in [-0.4, -0.2) is 10.4 Å². The van der Waals surface area contributed by atoms with Crippen molar-refractivity contribution in [2.75, 3.05) is 0 Å². The number of unbranched alkanes of at least 4 members (excludes halogenated alkanes) is 4. The number of ketones is 1. The fraction of sp³-hybridized carbons (Fsp3) is 0.615. The fourth-order valence-electron chi connectivity index (χ4n) is 1.69. The van der Waals surface area contributed by atoms with E-state index < -0.39 is 0 Å². The van der Waals surface area contributed by atoms with Crippen LogP contribution in [0.15, 0.2) is 18.5 Å². The number of hydrogen-bond donors (Lipinski definition) is 0. The predicted octanol–water partition coefficient (Wildman–Crippen LogP) is 3.66. The second kappa shape index (κ2) is 6.44. The van der Waals surface area contributed by atoms with E-state index >= 15 is 0 Å². The highest BCUT2D eigenvalue weighted by molar-refractivity contribution is 5.93. The minimum absolute atomic E-state index is 0.153. The Morgan fingerprint density at radius 1 is 1.27 bits per heavy atom. The maximum Gasteiger partial charge on any atom is 0.161 e. The lowest BCUT2D eigenvalue weighted by Gasteiger charge is -2.02. The van der Waals surface area contributed by atoms with Gasteiger partial charge in [-0.25, -0.2) is 0 Å². The SMILES string of the molecule is CCCCCCCn1ccc(C(C)=O)c1. The van der Waals surface area contributed by atoms with Gasteiger partial charge < -0.3 is 4.57 Å². The molecule has 1 aromatic heterocycles. The van der Waals surface area contributed by atoms with Crippen molar-refractivity contribution in [1.82, 2.24) is 4.57 Å². The van der Waals surface area contributed by atoms with Crippen molar-refractivity contribution in [2.24, 2.45) is 0 Å². The zero-order chi connectivity index (χ0) is 11.1. The molecule has 0 saturated carbocycles. The first-order valence-corrected chi connectivity index (χ1v) is 5.90. The molecule has 1 heterocycles. The molecular formula is C13H21NO. The summed E-state index contributed by atoms with van der Waals surface area (Å²) in [5.74, 6) is 0.153. The van der Waals surface area contributed by atoms with Crippen LogP contribution in [0.5, 0.6) is 0 Å². The van der Waals surface area contributed by atoms with Gasteiger partial charge in [0.15, 0.2) is 5.78 Å². The number of aromatic nitrogens is 1. The van der Waals surface area contributed by atoms with Gasteiger partial charge >= 0.3 is 0 Å². The lowest BCUT2D eigenvalue weighted by atomic mass is 10.1. The van der Waals surface area contributed by atoms with E-state index in [0.717, 1.165) is 12.1 Å². The van der Waals surface area contributed by atoms with Crippen LogP contribution >= 0.6 is 0 Å². The van der Waals surface area contributed by atoms with Gasteiger partial charge in [-0.05, 0) is 19.4 Å². The second-order valence-corrected chi connectivity index (χ2v) is 4.11. The van der Waals surface area contributed by atoms with Gasteiger partial charge in [0.25, 0.3) is 0 Å². The lowest BCUT2D eigenvalue weighted by molar-refractivity contribution is 0.101. The third-order valence-corrected chi connectivity index (χ3v) is 2.68. The number of carbonyl (C=O) groups excluding carboxylic acids is 1. The second-order valence-electron chi connectivity index (χ2n) is 4.11. The molecule has 1 rings (SSSR count). The van der Waals surface area contributed by atoms with Crippen LogP contribution in [0.3, 0.4) is 0 Å². The Labute approximate surface area is 92.3 Å². The molecule has 0 aliphatic carbocycles. The van der Waals surface area contributed by atoms with Crippen LogP contribution in [0, 0.1) is 0 Å². The van der Waals surface area contributed by atoms with Crippen molar-refractivity contribution in [3.8, 4) is 0 Å². The predicted molar refractivity (Wildman–Crippen MR) is 63.2 cm³/mol. The molecule has 0 aliphatic rings. The third-order valence-electron chi connectivity index (χ3n) is 2.68. The van der Waals surface area contributed by atoms with Gasteiger partial charge in [0.1, 0.15) is 0 Å². The molecule has 0 fully saturated rings. The van der Waals surface area contributed by atoms with Gasteiger partial charge in [-0.1, -0.05) is 32.6 Å². The van der Waals surface area contributed by atoms with Crippen LogP contribution in [0.2, 0.25) is 0 Å². The van der Waals surface area contributed by atoms with E-state index in [1.54, 1.807) is 6.92 Å². The highest BCUT2D eigenvalue weighted by Gasteiger charge is 2.00. The average molecular weight is 207 g/mol. The Hall–Kier alpha value is -1.05. The molecule has 0 aromatic carbocycles. The summed E-state index contributed by atoms with van der Waals surface area (Å²) in [6.45, 7) is 4.88. The Morgan fingerprint density at radius 2 is 2.00 bits per heavy atom. The molecule has 2 nitrogen and oxygen atoms in total. The fourth-order valence-corrected chi connectivity index (χ4v) is 1.69. The van der Waals surface area contributed by atoms with Gasteiger partial charge in [0.05, 0.1) is 0 Å². The summed E-state index contributed by atoms with van der Waals surface area (Å²) in [4.78, 5) is 11.1. The third kappa shape index (κ3) is 4.32. The summed E-state index contributed by atoms with van der Waals surface area (Å²) >= 11 is 0. The number of hydrogen-bond acceptors (Lipinski definition) is 1. The number of rotatable bonds is 7. The van der Waals surface area contributed by atoms with Crippen molar-refractivity contribution in [3.63, 3.8) is 0 Å². The molecule has 0 radical (unpaired) electrons. The van der Waals surface area contributed by atoms with Gasteiger partial charge in [-0.3, -0.25) is 4.79 Å². The smallest absolute Gasteiger partial charge is 0.161 e. The monoisotopic (exact) mass is 207 g/mol. The van der Waals surface area contributed by atoms with Crippen LogP contribution < -0.4 is 0 Å². The first-order valence-electron chi connectivity index (χ1n) is 5.90. The first-order chi connectivity index (χ1) is 7.24. The van der Waals surface area contributed by atoms with E-state index in [9.17, 15) is 4.79 Å². The molecule has 0 unspecified atom stereocenters. The maximum absolute atomic E-state index is 11.1. The Balaban J connectivity index is 2.23. The molecule has 15 heavy (non-hydrogen) atoms. The molecule has 1 aromatic rings. The standard InChI is InChI=1S/C13H21NO/c1-3-4-5-6-7-9-14-10-8-13(11-14)12(2)15/h8,10-11H,3-7,9H2,1-2H3. The van der Waals surface area contributed by atoms with E-state index in [1.807, 2.05) is 18.5 Å². The Kier molecular flexibility index (Phi) is 5.16. The van der Waals surface area contributed by atoms with E-state index in [0.29, 0.717) is 0 Å². The topological polar surface area (TPSA) is 22.0 Å². The summed E-state index contributed by atoms with van der Waals surface area (Å²) in [6.07, 6.45) is 10.4. The van der Waals surface area contributed by atoms with E-state index in [-0.39, 0.29) is 5.78 Å². The summed E-state index contributed by atoms with van der Waals surface area (Å²) in [5.41, 5.74) is 0.823. The van der Waals surface area contributed by atoms with E-state index in [2.05, 4.69) is 11.5 Å². The molecule has 0 saturated heterocycles. The number of Topliss-reactive ketones (excluding diaryl/α,β-unsaturated/α-hetero) is 1. The van der Waals surface area contributed by atoms with Gasteiger partial charge in [0, 0.05) is 24.5 Å². The largest absolute Gasteiger partial charge is 0.354 e. The normalized spacial score (nSPS) is 10.5. The maximum atomic E-state index is 11.1. The molecule has 84 valence electrons. The van der Waals surface area contributed by atoms with Crippen LogP contribution in [-0.2, 0) is 6.54 Å². The van der Waals surface area contributed by atoms with Crippen LogP contribution in [0.25, 0.3) is 0 Å². The van der Waals surface area contributed by atoms with Crippen LogP contribution in [0.4, 0.5) is 0 Å². The zero-order valence-electron chi connectivity index (χ0n) is 9.83. The van der Waals surface area contributed by atoms with Crippen molar-refractivity contribution >= 4 is 5.78 Å². The highest BCUT2D eigenvalue weighted by atomic mass is 16.1. The molecule has 0 aliphatic heterocycles. The molecular weight excluding hydrogens is 186 g/mol. The molecule has 0 amide bonds. The summed E-state index contributed by atoms with van der Waals surface area (Å²) in [7, 11) is 0. The zero-order valence-corrected chi connectivity index (χ0v) is 9.83. The molecule has 0 spiro atoms. The van der Waals surface area contributed by atoms with E-state index in [4.69, 9.17) is 0 Å². The Morgan fingerprint density at radius 3 is 2.60 bits per heavy atom. The summed E-state index contributed by atoms with van der Waals surface area (Å²) in [6, 6.07) is 1.90. The van der Waals surface area contributed by atoms with Crippen molar-refractivity contribution in [1.29, 1.82) is 0 Å². The molecule has 0 atom stereocenters. The lowest BCUT2D eigenvalue weighted by Crippen LogP contribution is -1.95. The van der Waals surface area contributed by atoms with E-state index in [1.165, 1.54) is 32.1 Å². The van der Waals surface area contributed by atoms with Crippen molar-refractivity contribution in [2.45, 2.75) is 52.5 Å². The highest BCUT2D eigenvalue weighted by Crippen LogP contribution is 2.07. The average Bonchev–Trinajstić information content (AvgIpc) is 2.66. The van der Waals surface area contributed by atoms with Crippen molar-refractivity contribution in [3.05, 3.63) is 24.0 Å². The van der Waals surface area contributed by atoms with Gasteiger partial charge in [-0.15, -0.1) is 0 Å². The minimum atomic E-state index is 0.153. The molecule has 0 bridgehead atoms. The quantitative estimate of drug-likeness (QED) is 0.494. The number of nitrogens with zero attached hydrogens (tertiary/aromatic N) is 1. The first kappa shape index (κ1) is 12.0. The van der Waals surface area contributed by atoms with Crippen LogP contribution in [0.1, 0.15) is 56.3 Å². The minimum Gasteiger partial charge on any atom is -0.354 e. The van der Waals surface area contributed by atoms with Crippen molar-refractivity contribution < 1.29 is 4.79 Å². The summed E-state index contributed by atoms with van der Waals surface area (Å²) < 4.78 is 2.11. The molecule has 2 heteroatoms. The number of aryl methyl sites for hydroxylation is 1.